The van der Waals surface area contributed by atoms with Crippen LogP contribution in [-0.2, 0) is 4.79 Å². The molecule has 0 aromatic rings. The van der Waals surface area contributed by atoms with E-state index in [1.165, 1.54) is 76.8 Å². The highest BCUT2D eigenvalue weighted by molar-refractivity contribution is 5.86. The summed E-state index contributed by atoms with van der Waals surface area (Å²) in [6.45, 7) is 9.67. The molecule has 3 nitrogen and oxygen atoms in total. The first kappa shape index (κ1) is 28.7. The molecule has 146 valence electrons. The highest BCUT2D eigenvalue weighted by Crippen LogP contribution is 2.09. The van der Waals surface area contributed by atoms with Crippen LogP contribution in [0.4, 0.5) is 0 Å². The average molecular weight is 454 g/mol. The van der Waals surface area contributed by atoms with Gasteiger partial charge in [-0.1, -0.05) is 71.8 Å². The van der Waals surface area contributed by atoms with Crippen molar-refractivity contribution >= 4 is 5.91 Å². The van der Waals surface area contributed by atoms with Crippen molar-refractivity contribution in [3.63, 3.8) is 0 Å². The Kier molecular flexibility index (Phi) is 30.1. The Bertz CT molecular complexity index is 258. The molecule has 0 aliphatic carbocycles. The molecule has 24 heavy (non-hydrogen) atoms. The molecule has 0 saturated carbocycles. The predicted octanol–water partition coefficient (Wildman–Crippen LogP) is 0.754. The van der Waals surface area contributed by atoms with Crippen LogP contribution < -0.4 is 34.2 Å². The van der Waals surface area contributed by atoms with Crippen molar-refractivity contribution in [3.8, 4) is 0 Å². The highest BCUT2D eigenvalue weighted by Gasteiger charge is 1.94. The molecule has 0 saturated heterocycles. The fourth-order valence-corrected chi connectivity index (χ4v) is 2.29. The van der Waals surface area contributed by atoms with Gasteiger partial charge in [0.2, 0.25) is 5.91 Å². The van der Waals surface area contributed by atoms with E-state index < -0.39 is 0 Å². The van der Waals surface area contributed by atoms with Gasteiger partial charge in [-0.2, -0.15) is 0 Å². The zero-order valence-electron chi connectivity index (χ0n) is 16.8. The summed E-state index contributed by atoms with van der Waals surface area (Å²) in [7, 11) is 4.49. The number of rotatable bonds is 14. The van der Waals surface area contributed by atoms with Gasteiger partial charge < -0.3 is 34.2 Å². The largest absolute Gasteiger partial charge is 1.00 e. The molecule has 0 heterocycles. The Hall–Kier alpha value is -0.100. The Morgan fingerprint density at radius 3 is 1.71 bits per heavy atom. The third-order valence-electron chi connectivity index (χ3n) is 3.76. The van der Waals surface area contributed by atoms with Gasteiger partial charge >= 0.3 is 0 Å². The maximum atomic E-state index is 10.3. The van der Waals surface area contributed by atoms with Crippen LogP contribution in [0.1, 0.15) is 84.5 Å². The average Bonchev–Trinajstić information content (AvgIpc) is 2.54. The van der Waals surface area contributed by atoms with E-state index in [-0.39, 0.29) is 29.9 Å². The van der Waals surface area contributed by atoms with Crippen LogP contribution in [0.25, 0.3) is 0 Å². The molecule has 0 spiro atoms. The molecule has 2 N–H and O–H groups in total. The van der Waals surface area contributed by atoms with E-state index in [0.29, 0.717) is 0 Å². The SMILES string of the molecule is C=CC(=O)NCCC.CCCCCCCCCCCC[NH+](C)C.[I-]. The lowest BCUT2D eigenvalue weighted by atomic mass is 10.1. The predicted molar refractivity (Wildman–Crippen MR) is 103 cm³/mol. The van der Waals surface area contributed by atoms with E-state index in [0.717, 1.165) is 13.0 Å². The third kappa shape index (κ3) is 29.9. The van der Waals surface area contributed by atoms with Crippen molar-refractivity contribution in [2.24, 2.45) is 0 Å². The van der Waals surface area contributed by atoms with E-state index in [9.17, 15) is 4.79 Å². The zero-order chi connectivity index (χ0) is 17.8. The van der Waals surface area contributed by atoms with Crippen LogP contribution in [0, 0.1) is 0 Å². The molecule has 0 aliphatic heterocycles. The molecule has 0 aromatic carbocycles. The number of carbonyl (C=O) groups is 1. The maximum Gasteiger partial charge on any atom is 0.243 e. The molecular weight excluding hydrogens is 411 g/mol. The maximum absolute atomic E-state index is 10.3. The first-order valence-electron chi connectivity index (χ1n) is 9.77. The standard InChI is InChI=1S/C14H31N.C6H11NO.HI/c1-4-5-6-7-8-9-10-11-12-13-14-15(2)3;1-3-5-7-6(8)4-2;/h4-14H2,1-3H3;4H,2-3,5H2,1H3,(H,7,8);1H. The smallest absolute Gasteiger partial charge is 0.243 e. The molecule has 0 aliphatic rings. The Morgan fingerprint density at radius 2 is 1.33 bits per heavy atom. The first-order chi connectivity index (χ1) is 11.1. The number of hydrogen-bond donors (Lipinski definition) is 2. The molecule has 1 amide bonds. The first-order valence-corrected chi connectivity index (χ1v) is 9.77. The molecule has 4 heteroatoms. The summed E-state index contributed by atoms with van der Waals surface area (Å²) in [5, 5.41) is 2.62. The van der Waals surface area contributed by atoms with E-state index >= 15 is 0 Å². The van der Waals surface area contributed by atoms with Gasteiger partial charge in [0.15, 0.2) is 0 Å². The normalized spacial score (nSPS) is 9.71. The molecule has 0 atom stereocenters. The summed E-state index contributed by atoms with van der Waals surface area (Å²) in [4.78, 5) is 11.9. The number of amides is 1. The van der Waals surface area contributed by atoms with Crippen molar-refractivity contribution in [2.45, 2.75) is 84.5 Å². The number of unbranched alkanes of at least 4 members (excludes halogenated alkanes) is 9. The van der Waals surface area contributed by atoms with E-state index in [4.69, 9.17) is 0 Å². The second-order valence-corrected chi connectivity index (χ2v) is 6.63. The van der Waals surface area contributed by atoms with Crippen molar-refractivity contribution in [2.75, 3.05) is 27.2 Å². The van der Waals surface area contributed by atoms with Gasteiger partial charge in [0, 0.05) is 6.54 Å². The third-order valence-corrected chi connectivity index (χ3v) is 3.76. The molecule has 0 fully saturated rings. The highest BCUT2D eigenvalue weighted by atomic mass is 127. The van der Waals surface area contributed by atoms with Crippen LogP contribution in [0.15, 0.2) is 12.7 Å². The second kappa shape index (κ2) is 25.1. The zero-order valence-corrected chi connectivity index (χ0v) is 18.9. The number of nitrogens with one attached hydrogen (secondary N) is 2. The Balaban J connectivity index is -0.000000419. The summed E-state index contributed by atoms with van der Waals surface area (Å²) < 4.78 is 0. The Labute approximate surface area is 169 Å². The minimum absolute atomic E-state index is 0. The molecule has 0 radical (unpaired) electrons. The fraction of sp³-hybridized carbons (Fsp3) is 0.850. The molecule has 0 rings (SSSR count). The lowest BCUT2D eigenvalue weighted by Gasteiger charge is -2.06. The van der Waals surface area contributed by atoms with Gasteiger partial charge in [-0.3, -0.25) is 4.79 Å². The number of hydrogen-bond acceptors (Lipinski definition) is 1. The number of quaternary nitrogens is 1. The van der Waals surface area contributed by atoms with E-state index in [1.54, 1.807) is 4.90 Å². The van der Waals surface area contributed by atoms with E-state index in [1.807, 2.05) is 6.92 Å². The Morgan fingerprint density at radius 1 is 0.875 bits per heavy atom. The van der Waals surface area contributed by atoms with Gasteiger partial charge in [0.05, 0.1) is 20.6 Å². The van der Waals surface area contributed by atoms with Crippen LogP contribution in [0.5, 0.6) is 0 Å². The van der Waals surface area contributed by atoms with Gasteiger partial charge in [0.25, 0.3) is 0 Å². The van der Waals surface area contributed by atoms with Crippen LogP contribution in [-0.4, -0.2) is 33.1 Å². The second-order valence-electron chi connectivity index (χ2n) is 6.63. The summed E-state index contributed by atoms with van der Waals surface area (Å²) in [5.41, 5.74) is 0. The van der Waals surface area contributed by atoms with Crippen LogP contribution in [0.3, 0.4) is 0 Å². The molecule has 0 unspecified atom stereocenters. The van der Waals surface area contributed by atoms with Crippen molar-refractivity contribution in [3.05, 3.63) is 12.7 Å². The molecule has 0 aromatic heterocycles. The van der Waals surface area contributed by atoms with Gasteiger partial charge in [-0.05, 0) is 25.3 Å². The van der Waals surface area contributed by atoms with Crippen molar-refractivity contribution < 1.29 is 33.7 Å². The topological polar surface area (TPSA) is 33.5 Å². The van der Waals surface area contributed by atoms with Gasteiger partial charge in [-0.15, -0.1) is 0 Å². The van der Waals surface area contributed by atoms with E-state index in [2.05, 4.69) is 32.9 Å². The van der Waals surface area contributed by atoms with Crippen molar-refractivity contribution in [1.29, 1.82) is 0 Å². The molecule has 0 bridgehead atoms. The van der Waals surface area contributed by atoms with Crippen molar-refractivity contribution in [1.82, 2.24) is 5.32 Å². The summed E-state index contributed by atoms with van der Waals surface area (Å²) in [5.74, 6) is -0.0909. The van der Waals surface area contributed by atoms with Gasteiger partial charge in [0.1, 0.15) is 0 Å². The minimum Gasteiger partial charge on any atom is -1.00 e. The monoisotopic (exact) mass is 454 g/mol. The van der Waals surface area contributed by atoms with Gasteiger partial charge in [-0.25, -0.2) is 0 Å². The summed E-state index contributed by atoms with van der Waals surface area (Å²) in [6.07, 6.45) is 16.7. The summed E-state index contributed by atoms with van der Waals surface area (Å²) >= 11 is 0. The lowest BCUT2D eigenvalue weighted by Crippen LogP contribution is -3.05. The minimum atomic E-state index is -0.0909. The number of halogens is 1. The fourth-order valence-electron chi connectivity index (χ4n) is 2.29. The lowest BCUT2D eigenvalue weighted by molar-refractivity contribution is -0.858. The summed E-state index contributed by atoms with van der Waals surface area (Å²) in [6, 6.07) is 0. The quantitative estimate of drug-likeness (QED) is 0.227. The molecular formula is C20H43IN2O. The van der Waals surface area contributed by atoms with Crippen LogP contribution >= 0.6 is 0 Å². The number of carbonyl (C=O) groups excluding carboxylic acids is 1. The van der Waals surface area contributed by atoms with Crippen LogP contribution in [0.2, 0.25) is 0 Å².